The van der Waals surface area contributed by atoms with Crippen molar-refractivity contribution in [1.82, 2.24) is 29.9 Å². The quantitative estimate of drug-likeness (QED) is 0.380. The van der Waals surface area contributed by atoms with E-state index in [-0.39, 0.29) is 36.9 Å². The van der Waals surface area contributed by atoms with Gasteiger partial charge in [0.25, 0.3) is 0 Å². The van der Waals surface area contributed by atoms with Crippen LogP contribution in [-0.2, 0) is 22.7 Å². The van der Waals surface area contributed by atoms with Gasteiger partial charge >= 0.3 is 0 Å². The van der Waals surface area contributed by atoms with Crippen LogP contribution in [0.25, 0.3) is 11.5 Å². The number of fused-ring (bicyclic) bond motifs is 4. The summed E-state index contributed by atoms with van der Waals surface area (Å²) in [6.07, 6.45) is 3.40. The van der Waals surface area contributed by atoms with E-state index in [9.17, 15) is 9.59 Å². The summed E-state index contributed by atoms with van der Waals surface area (Å²) in [4.78, 5) is 35.5. The van der Waals surface area contributed by atoms with Crippen LogP contribution in [0.3, 0.4) is 0 Å². The van der Waals surface area contributed by atoms with Gasteiger partial charge in [0.05, 0.1) is 30.6 Å². The maximum absolute atomic E-state index is 13.5. The lowest BCUT2D eigenvalue weighted by atomic mass is 9.94. The van der Waals surface area contributed by atoms with Gasteiger partial charge in [-0.2, -0.15) is 5.10 Å². The van der Waals surface area contributed by atoms with Crippen LogP contribution in [0.5, 0.6) is 5.75 Å². The van der Waals surface area contributed by atoms with Gasteiger partial charge in [-0.25, -0.2) is 4.98 Å². The van der Waals surface area contributed by atoms with E-state index in [1.165, 1.54) is 0 Å². The average Bonchev–Trinajstić information content (AvgIpc) is 3.71. The van der Waals surface area contributed by atoms with Crippen LogP contribution in [-0.4, -0.2) is 75.2 Å². The van der Waals surface area contributed by atoms with E-state index in [4.69, 9.17) is 9.15 Å². The smallest absolute Gasteiger partial charge is 0.244 e. The first-order valence-corrected chi connectivity index (χ1v) is 14.9. The van der Waals surface area contributed by atoms with Crippen molar-refractivity contribution in [2.24, 2.45) is 0 Å². The van der Waals surface area contributed by atoms with Gasteiger partial charge in [-0.3, -0.25) is 19.2 Å². The largest absolute Gasteiger partial charge is 0.494 e. The molecule has 0 spiro atoms. The summed E-state index contributed by atoms with van der Waals surface area (Å²) in [5, 5.41) is 7.74. The van der Waals surface area contributed by atoms with E-state index in [2.05, 4.69) is 26.4 Å². The molecule has 0 radical (unpaired) electrons. The molecular weight excluding hydrogens is 544 g/mol. The zero-order valence-electron chi connectivity index (χ0n) is 24.7. The molecule has 1 fully saturated rings. The molecule has 2 bridgehead atoms. The summed E-state index contributed by atoms with van der Waals surface area (Å²) in [6.45, 7) is 7.01. The van der Waals surface area contributed by atoms with Crippen LogP contribution >= 0.6 is 0 Å². The molecule has 224 valence electrons. The van der Waals surface area contributed by atoms with E-state index in [0.717, 1.165) is 46.8 Å². The van der Waals surface area contributed by atoms with Crippen molar-refractivity contribution in [3.05, 3.63) is 89.6 Å². The number of ether oxygens (including phenoxy) is 1. The molecule has 2 aliphatic heterocycles. The molecule has 2 amide bonds. The second-order valence-electron chi connectivity index (χ2n) is 11.5. The minimum atomic E-state index is -0.228. The van der Waals surface area contributed by atoms with E-state index in [1.54, 1.807) is 10.9 Å². The van der Waals surface area contributed by atoms with E-state index >= 15 is 0 Å². The highest BCUT2D eigenvalue weighted by atomic mass is 16.5. The van der Waals surface area contributed by atoms with Crippen LogP contribution in [0.2, 0.25) is 0 Å². The number of aryl methyl sites for hydroxylation is 2. The number of nitrogens with zero attached hydrogens (tertiary/aromatic N) is 5. The summed E-state index contributed by atoms with van der Waals surface area (Å²) in [5.74, 6) is 1.23. The van der Waals surface area contributed by atoms with Crippen molar-refractivity contribution in [3.8, 4) is 17.2 Å². The Morgan fingerprint density at radius 3 is 2.72 bits per heavy atom. The number of hydrogen-bond acceptors (Lipinski definition) is 7. The normalized spacial score (nSPS) is 19.8. The molecule has 4 aromatic rings. The first-order chi connectivity index (χ1) is 20.9. The fraction of sp³-hybridized carbons (Fsp3) is 0.394. The van der Waals surface area contributed by atoms with Gasteiger partial charge in [0.1, 0.15) is 18.6 Å². The van der Waals surface area contributed by atoms with Crippen molar-refractivity contribution in [2.75, 3.05) is 32.8 Å². The Kier molecular flexibility index (Phi) is 8.55. The monoisotopic (exact) mass is 582 g/mol. The summed E-state index contributed by atoms with van der Waals surface area (Å²) in [7, 11) is 0. The number of benzene rings is 2. The first-order valence-electron chi connectivity index (χ1n) is 14.9. The maximum Gasteiger partial charge on any atom is 0.244 e. The zero-order valence-corrected chi connectivity index (χ0v) is 24.7. The summed E-state index contributed by atoms with van der Waals surface area (Å²) >= 11 is 0. The molecule has 10 heteroatoms. The summed E-state index contributed by atoms with van der Waals surface area (Å²) in [6, 6.07) is 19.6. The minimum absolute atomic E-state index is 0.0138. The number of likely N-dealkylation sites (tertiary alicyclic amines) is 1. The Morgan fingerprint density at radius 2 is 1.91 bits per heavy atom. The molecule has 4 heterocycles. The van der Waals surface area contributed by atoms with Crippen molar-refractivity contribution in [3.63, 3.8) is 0 Å². The van der Waals surface area contributed by atoms with Crippen molar-refractivity contribution in [1.29, 1.82) is 0 Å². The molecule has 2 atom stereocenters. The molecule has 0 aliphatic carbocycles. The molecular formula is C33H38N6O4. The van der Waals surface area contributed by atoms with Crippen molar-refractivity contribution >= 4 is 11.8 Å². The van der Waals surface area contributed by atoms with Gasteiger partial charge in [0, 0.05) is 36.8 Å². The lowest BCUT2D eigenvalue weighted by molar-refractivity contribution is -0.131. The predicted octanol–water partition coefficient (Wildman–Crippen LogP) is 3.94. The third-order valence-corrected chi connectivity index (χ3v) is 8.16. The van der Waals surface area contributed by atoms with Crippen LogP contribution in [0.1, 0.15) is 41.4 Å². The average molecular weight is 583 g/mol. The Balaban J connectivity index is 1.19. The lowest BCUT2D eigenvalue weighted by Gasteiger charge is -2.25. The predicted molar refractivity (Wildman–Crippen MR) is 161 cm³/mol. The number of amides is 2. The number of rotatable bonds is 5. The van der Waals surface area contributed by atoms with Gasteiger partial charge < -0.3 is 19.4 Å². The number of oxazole rings is 1. The van der Waals surface area contributed by atoms with Gasteiger partial charge in [0.2, 0.25) is 17.7 Å². The highest BCUT2D eigenvalue weighted by molar-refractivity contribution is 5.80. The maximum atomic E-state index is 13.5. The second kappa shape index (κ2) is 12.8. The fourth-order valence-corrected chi connectivity index (χ4v) is 6.01. The molecule has 2 aromatic carbocycles. The fourth-order valence-electron chi connectivity index (χ4n) is 6.01. The zero-order chi connectivity index (χ0) is 29.8. The number of aromatic nitrogens is 3. The van der Waals surface area contributed by atoms with E-state index in [0.29, 0.717) is 38.7 Å². The topological polar surface area (TPSA) is 106 Å². The summed E-state index contributed by atoms with van der Waals surface area (Å²) in [5.41, 5.74) is 4.57. The van der Waals surface area contributed by atoms with Crippen LogP contribution < -0.4 is 10.1 Å². The SMILES string of the molecule is Cc1cc(C)n(CC(=O)N2C[C@@H]3NC(=O)CN(Cc4coc(-c5ccccc5)n4)CCCCOc4cccc(c4)[C@H]3C2)n1. The lowest BCUT2D eigenvalue weighted by Crippen LogP contribution is -2.45. The summed E-state index contributed by atoms with van der Waals surface area (Å²) < 4.78 is 13.6. The molecule has 0 unspecified atom stereocenters. The van der Waals surface area contributed by atoms with Gasteiger partial charge in [0.15, 0.2) is 0 Å². The Morgan fingerprint density at radius 1 is 1.05 bits per heavy atom. The van der Waals surface area contributed by atoms with Crippen LogP contribution in [0.4, 0.5) is 0 Å². The van der Waals surface area contributed by atoms with Crippen molar-refractivity contribution < 1.29 is 18.7 Å². The Hall–Kier alpha value is -4.44. The number of carbonyl (C=O) groups excluding carboxylic acids is 2. The Bertz CT molecular complexity index is 1560. The highest BCUT2D eigenvalue weighted by Crippen LogP contribution is 2.31. The molecule has 1 saturated heterocycles. The third kappa shape index (κ3) is 6.97. The number of nitrogens with one attached hydrogen (secondary N) is 1. The standard InChI is InChI=1S/C33H38N6O4/c1-23-15-24(2)39(36-23)21-32(41)38-18-29-26-11-8-12-28(16-26)42-14-7-6-13-37(20-31(40)35-30(29)19-38)17-27-22-43-33(34-27)25-9-4-3-5-10-25/h3-5,8-12,15-16,22,29-30H,6-7,13-14,17-21H2,1-2H3,(H,35,40)/t29-,30+/m1/s1. The second-order valence-corrected chi connectivity index (χ2v) is 11.5. The third-order valence-electron chi connectivity index (χ3n) is 8.16. The minimum Gasteiger partial charge on any atom is -0.494 e. The number of carbonyl (C=O) groups is 2. The number of hydrogen-bond donors (Lipinski definition) is 1. The molecule has 1 N–H and O–H groups in total. The molecule has 6 rings (SSSR count). The van der Waals surface area contributed by atoms with E-state index in [1.807, 2.05) is 73.3 Å². The highest BCUT2D eigenvalue weighted by Gasteiger charge is 2.37. The molecule has 2 aromatic heterocycles. The van der Waals surface area contributed by atoms with Gasteiger partial charge in [-0.05, 0) is 69.1 Å². The van der Waals surface area contributed by atoms with Crippen molar-refractivity contribution in [2.45, 2.75) is 51.7 Å². The van der Waals surface area contributed by atoms with Crippen LogP contribution in [0, 0.1) is 13.8 Å². The molecule has 43 heavy (non-hydrogen) atoms. The molecule has 10 nitrogen and oxygen atoms in total. The molecule has 2 aliphatic rings. The Labute approximate surface area is 251 Å². The van der Waals surface area contributed by atoms with E-state index < -0.39 is 0 Å². The van der Waals surface area contributed by atoms with Gasteiger partial charge in [-0.1, -0.05) is 30.3 Å². The van der Waals surface area contributed by atoms with Crippen LogP contribution in [0.15, 0.2) is 71.3 Å². The van der Waals surface area contributed by atoms with Gasteiger partial charge in [-0.15, -0.1) is 0 Å². The first kappa shape index (κ1) is 28.7. The molecule has 0 saturated carbocycles.